The van der Waals surface area contributed by atoms with Crippen LogP contribution in [0.3, 0.4) is 0 Å². The summed E-state index contributed by atoms with van der Waals surface area (Å²) < 4.78 is 4.48. The molecule has 0 aromatic heterocycles. The first kappa shape index (κ1) is 14.0. The molecule has 1 aromatic carbocycles. The van der Waals surface area contributed by atoms with Gasteiger partial charge in [-0.25, -0.2) is 0 Å². The Balaban J connectivity index is 1.71. The molecule has 0 saturated heterocycles. The molecule has 2 aliphatic carbocycles. The van der Waals surface area contributed by atoms with Gasteiger partial charge in [-0.3, -0.25) is 4.79 Å². The number of benzene rings is 1. The van der Waals surface area contributed by atoms with Crippen LogP contribution in [-0.4, -0.2) is 22.0 Å². The van der Waals surface area contributed by atoms with E-state index in [1.165, 1.54) is 19.3 Å². The van der Waals surface area contributed by atoms with Crippen molar-refractivity contribution in [2.75, 3.05) is 6.61 Å². The normalized spacial score (nSPS) is 27.7. The van der Waals surface area contributed by atoms with Crippen LogP contribution in [0.5, 0.6) is 5.75 Å². The lowest BCUT2D eigenvalue weighted by atomic mass is 9.86. The van der Waals surface area contributed by atoms with E-state index in [1.54, 1.807) is 24.3 Å². The summed E-state index contributed by atoms with van der Waals surface area (Å²) in [6, 6.07) is 7.08. The molecule has 5 heteroatoms. The van der Waals surface area contributed by atoms with E-state index in [4.69, 9.17) is 27.9 Å². The Morgan fingerprint density at radius 2 is 1.90 bits per heavy atom. The van der Waals surface area contributed by atoms with Crippen LogP contribution in [0, 0.1) is 5.92 Å². The van der Waals surface area contributed by atoms with Crippen LogP contribution in [0.1, 0.15) is 31.2 Å². The standard InChI is InChI=1S/C15H16Cl2O3/c16-15(17)9-14(15,13(18)19)11-4-6-12(7-5-11)20-8-10-2-1-3-10/h4-7,10H,1-3,8-9H2,(H,18,19). The van der Waals surface area contributed by atoms with Crippen LogP contribution in [0.15, 0.2) is 24.3 Å². The van der Waals surface area contributed by atoms with Gasteiger partial charge in [0, 0.05) is 6.42 Å². The third-order valence-electron chi connectivity index (χ3n) is 4.41. The Morgan fingerprint density at radius 3 is 2.30 bits per heavy atom. The van der Waals surface area contributed by atoms with Crippen molar-refractivity contribution in [3.63, 3.8) is 0 Å². The molecular weight excluding hydrogens is 299 g/mol. The van der Waals surface area contributed by atoms with Gasteiger partial charge in [-0.1, -0.05) is 41.8 Å². The van der Waals surface area contributed by atoms with Gasteiger partial charge in [-0.15, -0.1) is 0 Å². The summed E-state index contributed by atoms with van der Waals surface area (Å²) in [7, 11) is 0. The number of rotatable bonds is 5. The van der Waals surface area contributed by atoms with Crippen molar-refractivity contribution >= 4 is 29.2 Å². The molecule has 2 saturated carbocycles. The van der Waals surface area contributed by atoms with E-state index in [-0.39, 0.29) is 6.42 Å². The average Bonchev–Trinajstić information content (AvgIpc) is 2.93. The molecule has 20 heavy (non-hydrogen) atoms. The minimum atomic E-state index is -1.22. The molecule has 1 N–H and O–H groups in total. The van der Waals surface area contributed by atoms with Crippen molar-refractivity contribution in [2.24, 2.45) is 5.92 Å². The van der Waals surface area contributed by atoms with Gasteiger partial charge in [0.25, 0.3) is 0 Å². The number of hydrogen-bond donors (Lipinski definition) is 1. The molecule has 3 nitrogen and oxygen atoms in total. The lowest BCUT2D eigenvalue weighted by Crippen LogP contribution is -2.26. The van der Waals surface area contributed by atoms with Gasteiger partial charge < -0.3 is 9.84 Å². The van der Waals surface area contributed by atoms with Crippen molar-refractivity contribution in [1.82, 2.24) is 0 Å². The first-order valence-corrected chi connectivity index (χ1v) is 7.56. The number of carboxylic acid groups (broad SMARTS) is 1. The zero-order valence-corrected chi connectivity index (χ0v) is 12.5. The fourth-order valence-corrected chi connectivity index (χ4v) is 3.45. The molecule has 0 bridgehead atoms. The third kappa shape index (κ3) is 2.17. The second kappa shape index (κ2) is 4.81. The molecule has 0 spiro atoms. The van der Waals surface area contributed by atoms with E-state index in [0.29, 0.717) is 11.5 Å². The molecular formula is C15H16Cl2O3. The number of alkyl halides is 2. The Kier molecular flexibility index (Phi) is 3.38. The SMILES string of the molecule is O=C(O)C1(c2ccc(OCC3CCC3)cc2)CC1(Cl)Cl. The fourth-order valence-electron chi connectivity index (χ4n) is 2.67. The molecule has 0 aliphatic heterocycles. The Bertz CT molecular complexity index is 522. The first-order chi connectivity index (χ1) is 9.46. The molecule has 0 radical (unpaired) electrons. The smallest absolute Gasteiger partial charge is 0.317 e. The summed E-state index contributed by atoms with van der Waals surface area (Å²) in [6.45, 7) is 0.734. The summed E-state index contributed by atoms with van der Waals surface area (Å²) in [4.78, 5) is 11.4. The molecule has 0 amide bonds. The van der Waals surface area contributed by atoms with E-state index in [1.807, 2.05) is 0 Å². The minimum absolute atomic E-state index is 0.237. The molecule has 1 aromatic rings. The first-order valence-electron chi connectivity index (χ1n) is 6.80. The van der Waals surface area contributed by atoms with E-state index in [2.05, 4.69) is 0 Å². The van der Waals surface area contributed by atoms with Gasteiger partial charge in [-0.05, 0) is 36.5 Å². The number of ether oxygens (including phenoxy) is 1. The van der Waals surface area contributed by atoms with Crippen LogP contribution in [0.2, 0.25) is 0 Å². The van der Waals surface area contributed by atoms with E-state index < -0.39 is 15.7 Å². The maximum absolute atomic E-state index is 11.4. The fraction of sp³-hybridized carbons (Fsp3) is 0.533. The van der Waals surface area contributed by atoms with Crippen LogP contribution in [0.4, 0.5) is 0 Å². The molecule has 108 valence electrons. The summed E-state index contributed by atoms with van der Waals surface area (Å²) in [5.74, 6) is 0.448. The molecule has 2 aliphatic rings. The van der Waals surface area contributed by atoms with Crippen LogP contribution < -0.4 is 4.74 Å². The van der Waals surface area contributed by atoms with Crippen molar-refractivity contribution in [3.8, 4) is 5.75 Å². The van der Waals surface area contributed by atoms with Gasteiger partial charge in [0.05, 0.1) is 6.61 Å². The van der Waals surface area contributed by atoms with Gasteiger partial charge in [-0.2, -0.15) is 0 Å². The quantitative estimate of drug-likeness (QED) is 0.842. The van der Waals surface area contributed by atoms with Gasteiger partial charge >= 0.3 is 5.97 Å². The number of carboxylic acids is 1. The topological polar surface area (TPSA) is 46.5 Å². The minimum Gasteiger partial charge on any atom is -0.493 e. The summed E-state index contributed by atoms with van der Waals surface area (Å²) in [6.07, 6.45) is 4.00. The maximum Gasteiger partial charge on any atom is 0.317 e. The highest BCUT2D eigenvalue weighted by Gasteiger charge is 2.72. The maximum atomic E-state index is 11.4. The van der Waals surface area contributed by atoms with E-state index in [0.717, 1.165) is 12.4 Å². The van der Waals surface area contributed by atoms with Crippen LogP contribution >= 0.6 is 23.2 Å². The number of hydrogen-bond acceptors (Lipinski definition) is 2. The Hall–Kier alpha value is -0.930. The number of halogens is 2. The highest BCUT2D eigenvalue weighted by atomic mass is 35.5. The number of carbonyl (C=O) groups is 1. The molecule has 0 heterocycles. The highest BCUT2D eigenvalue weighted by molar-refractivity contribution is 6.54. The van der Waals surface area contributed by atoms with E-state index in [9.17, 15) is 9.90 Å². The zero-order chi connectivity index (χ0) is 14.4. The molecule has 3 rings (SSSR count). The third-order valence-corrected chi connectivity index (χ3v) is 5.32. The average molecular weight is 315 g/mol. The van der Waals surface area contributed by atoms with Gasteiger partial charge in [0.2, 0.25) is 0 Å². The predicted octanol–water partition coefficient (Wildman–Crippen LogP) is 3.77. The highest BCUT2D eigenvalue weighted by Crippen LogP contribution is 2.65. The second-order valence-electron chi connectivity index (χ2n) is 5.72. The number of aliphatic carboxylic acids is 1. The Morgan fingerprint density at radius 1 is 1.30 bits per heavy atom. The van der Waals surface area contributed by atoms with Crippen molar-refractivity contribution < 1.29 is 14.6 Å². The summed E-state index contributed by atoms with van der Waals surface area (Å²) in [5.41, 5.74) is -0.547. The summed E-state index contributed by atoms with van der Waals surface area (Å²) in [5, 5.41) is 9.38. The largest absolute Gasteiger partial charge is 0.493 e. The lowest BCUT2D eigenvalue weighted by Gasteiger charge is -2.25. The van der Waals surface area contributed by atoms with Crippen molar-refractivity contribution in [1.29, 1.82) is 0 Å². The van der Waals surface area contributed by atoms with Crippen molar-refractivity contribution in [3.05, 3.63) is 29.8 Å². The molecule has 1 unspecified atom stereocenters. The zero-order valence-electron chi connectivity index (χ0n) is 10.9. The predicted molar refractivity (Wildman–Crippen MR) is 77.6 cm³/mol. The van der Waals surface area contributed by atoms with E-state index >= 15 is 0 Å². The second-order valence-corrected chi connectivity index (χ2v) is 7.21. The monoisotopic (exact) mass is 314 g/mol. The molecule has 1 atom stereocenters. The lowest BCUT2D eigenvalue weighted by molar-refractivity contribution is -0.140. The van der Waals surface area contributed by atoms with Crippen LogP contribution in [-0.2, 0) is 10.2 Å². The van der Waals surface area contributed by atoms with Crippen LogP contribution in [0.25, 0.3) is 0 Å². The Labute approximate surface area is 127 Å². The van der Waals surface area contributed by atoms with Crippen molar-refractivity contribution in [2.45, 2.75) is 35.4 Å². The van der Waals surface area contributed by atoms with Gasteiger partial charge in [0.15, 0.2) is 0 Å². The van der Waals surface area contributed by atoms with Gasteiger partial charge in [0.1, 0.15) is 15.5 Å². The summed E-state index contributed by atoms with van der Waals surface area (Å²) >= 11 is 12.0. The molecule has 2 fully saturated rings.